The summed E-state index contributed by atoms with van der Waals surface area (Å²) in [6.07, 6.45) is 2.00. The molecule has 3 N–H and O–H groups in total. The van der Waals surface area contributed by atoms with Crippen molar-refractivity contribution in [1.82, 2.24) is 9.97 Å². The zero-order valence-corrected chi connectivity index (χ0v) is 23.1. The molecule has 4 aromatic rings. The van der Waals surface area contributed by atoms with Gasteiger partial charge in [0, 0.05) is 33.0 Å². The molecule has 0 saturated carbocycles. The van der Waals surface area contributed by atoms with Gasteiger partial charge in [0.25, 0.3) is 0 Å². The van der Waals surface area contributed by atoms with E-state index in [0.717, 1.165) is 61.5 Å². The van der Waals surface area contributed by atoms with Gasteiger partial charge in [-0.2, -0.15) is 0 Å². The number of aromatic nitrogens is 3. The van der Waals surface area contributed by atoms with Crippen LogP contribution in [0, 0.1) is 6.92 Å². The van der Waals surface area contributed by atoms with Gasteiger partial charge in [-0.3, -0.25) is 4.79 Å². The number of pyridine rings is 1. The molecule has 0 unspecified atom stereocenters. The second-order valence-corrected chi connectivity index (χ2v) is 12.7. The average molecular weight is 520 g/mol. The van der Waals surface area contributed by atoms with Gasteiger partial charge in [-0.05, 0) is 76.1 Å². The standard InChI is InChI=1S/C28H31N4O2S2/c1-16-23(15-35-36-18-9-7-8-17(29)12-18)32(11-10-24(16)34-6)26-30-21-13-19-20(14-22(21)31-26)28(4,5)25(33)27(19,2)3/h7-14H,15,29H2,1-6H3,(H,30,31)/q+1. The third kappa shape index (κ3) is 3.96. The normalized spacial score (nSPS) is 15.9. The van der Waals surface area contributed by atoms with E-state index >= 15 is 0 Å². The number of nitrogens with zero attached hydrogens (tertiary/aromatic N) is 2. The Bertz CT molecular complexity index is 1450. The molecule has 2 aromatic heterocycles. The Morgan fingerprint density at radius 3 is 2.50 bits per heavy atom. The minimum Gasteiger partial charge on any atom is -0.496 e. The maximum atomic E-state index is 13.1. The highest BCUT2D eigenvalue weighted by Crippen LogP contribution is 2.47. The zero-order valence-electron chi connectivity index (χ0n) is 21.4. The molecule has 0 fully saturated rings. The number of carbonyl (C=O) groups excluding carboxylic acids is 1. The van der Waals surface area contributed by atoms with Crippen molar-refractivity contribution in [2.45, 2.75) is 56.1 Å². The van der Waals surface area contributed by atoms with Gasteiger partial charge in [0.15, 0.2) is 11.3 Å². The van der Waals surface area contributed by atoms with E-state index in [-0.39, 0.29) is 5.78 Å². The number of Topliss-reactive ketones (excluding diaryl/α,β-unsaturated/α-hetero) is 1. The van der Waals surface area contributed by atoms with E-state index in [4.69, 9.17) is 15.5 Å². The highest BCUT2D eigenvalue weighted by atomic mass is 33.1. The number of nitrogen functional groups attached to an aromatic ring is 1. The van der Waals surface area contributed by atoms with Gasteiger partial charge < -0.3 is 10.5 Å². The third-order valence-electron chi connectivity index (χ3n) is 7.22. The number of rotatable bonds is 6. The van der Waals surface area contributed by atoms with E-state index in [1.54, 1.807) is 28.7 Å². The summed E-state index contributed by atoms with van der Waals surface area (Å²) in [5, 5.41) is 0. The maximum absolute atomic E-state index is 13.1. The second kappa shape index (κ2) is 8.85. The number of benzene rings is 2. The number of nitrogens with two attached hydrogens (primary N) is 1. The molecule has 2 heterocycles. The summed E-state index contributed by atoms with van der Waals surface area (Å²) >= 11 is 0. The maximum Gasteiger partial charge on any atom is 0.402 e. The smallest absolute Gasteiger partial charge is 0.402 e. The van der Waals surface area contributed by atoms with Crippen LogP contribution in [0.25, 0.3) is 17.0 Å². The van der Waals surface area contributed by atoms with Crippen LogP contribution >= 0.6 is 21.6 Å². The fourth-order valence-corrected chi connectivity index (χ4v) is 7.43. The van der Waals surface area contributed by atoms with E-state index in [1.807, 2.05) is 58.2 Å². The van der Waals surface area contributed by atoms with E-state index in [9.17, 15) is 4.79 Å². The summed E-state index contributed by atoms with van der Waals surface area (Å²) in [6.45, 7) is 10.1. The van der Waals surface area contributed by atoms with E-state index in [1.165, 1.54) is 0 Å². The molecule has 8 heteroatoms. The second-order valence-electron chi connectivity index (χ2n) is 10.3. The summed E-state index contributed by atoms with van der Waals surface area (Å²) in [7, 11) is 5.13. The first-order valence-electron chi connectivity index (χ1n) is 11.9. The Labute approximate surface area is 219 Å². The van der Waals surface area contributed by atoms with Gasteiger partial charge in [0.1, 0.15) is 17.0 Å². The molecule has 0 spiro atoms. The monoisotopic (exact) mass is 519 g/mol. The van der Waals surface area contributed by atoms with Gasteiger partial charge in [-0.1, -0.05) is 32.6 Å². The molecule has 1 aliphatic carbocycles. The first-order chi connectivity index (χ1) is 17.0. The number of anilines is 1. The van der Waals surface area contributed by atoms with E-state index < -0.39 is 10.8 Å². The molecule has 0 atom stereocenters. The van der Waals surface area contributed by atoms with Gasteiger partial charge in [0.2, 0.25) is 0 Å². The fourth-order valence-electron chi connectivity index (χ4n) is 5.21. The number of hydrogen-bond donors (Lipinski definition) is 2. The van der Waals surface area contributed by atoms with Crippen molar-refractivity contribution in [2.24, 2.45) is 0 Å². The van der Waals surface area contributed by atoms with Crippen molar-refractivity contribution in [2.75, 3.05) is 12.8 Å². The predicted molar refractivity (Wildman–Crippen MR) is 148 cm³/mol. The van der Waals surface area contributed by atoms with E-state index in [2.05, 4.69) is 34.7 Å². The van der Waals surface area contributed by atoms with Crippen LogP contribution in [-0.2, 0) is 21.4 Å². The van der Waals surface area contributed by atoms with Crippen LogP contribution in [0.3, 0.4) is 0 Å². The first kappa shape index (κ1) is 24.7. The van der Waals surface area contributed by atoms with Crippen molar-refractivity contribution >= 4 is 44.1 Å². The predicted octanol–water partition coefficient (Wildman–Crippen LogP) is 5.82. The number of H-pyrrole nitrogens is 1. The molecule has 186 valence electrons. The third-order valence-corrected chi connectivity index (χ3v) is 9.46. The number of imidazole rings is 1. The molecule has 0 bridgehead atoms. The molecule has 6 nitrogen and oxygen atoms in total. The number of hydrogen-bond acceptors (Lipinski definition) is 6. The van der Waals surface area contributed by atoms with Crippen molar-refractivity contribution < 1.29 is 14.1 Å². The quantitative estimate of drug-likeness (QED) is 0.190. The molecule has 1 aliphatic rings. The van der Waals surface area contributed by atoms with Gasteiger partial charge in [0.05, 0.1) is 19.1 Å². The molecule has 5 rings (SSSR count). The molecular weight excluding hydrogens is 488 g/mol. The topological polar surface area (TPSA) is 84.9 Å². The number of carbonyl (C=O) groups is 1. The van der Waals surface area contributed by atoms with Gasteiger partial charge in [-0.25, -0.2) is 9.55 Å². The minimum atomic E-state index is -0.532. The Morgan fingerprint density at radius 2 is 1.81 bits per heavy atom. The van der Waals surface area contributed by atoms with Crippen molar-refractivity contribution in [3.05, 3.63) is 71.0 Å². The SMILES string of the molecule is COc1cc[n+](-c2nc3cc4c(cc3[nH]2)C(C)(C)C(=O)C4(C)C)c(CSSc2cccc(N)c2)c1C. The molecule has 0 aliphatic heterocycles. The number of aromatic amines is 1. The number of ether oxygens (including phenoxy) is 1. The van der Waals surface area contributed by atoms with Crippen LogP contribution in [0.1, 0.15) is 50.1 Å². The molecule has 0 radical (unpaired) electrons. The molecular formula is C28H31N4O2S2+. The lowest BCUT2D eigenvalue weighted by molar-refractivity contribution is -0.610. The lowest BCUT2D eigenvalue weighted by atomic mass is 9.80. The van der Waals surface area contributed by atoms with Crippen LogP contribution < -0.4 is 15.0 Å². The average Bonchev–Trinajstić information content (AvgIpc) is 3.31. The number of fused-ring (bicyclic) bond motifs is 2. The molecule has 0 saturated heterocycles. The largest absolute Gasteiger partial charge is 0.496 e. The highest BCUT2D eigenvalue weighted by Gasteiger charge is 2.50. The van der Waals surface area contributed by atoms with Crippen molar-refractivity contribution in [3.8, 4) is 11.7 Å². The Kier molecular flexibility index (Phi) is 6.08. The summed E-state index contributed by atoms with van der Waals surface area (Å²) < 4.78 is 7.71. The lowest BCUT2D eigenvalue weighted by Crippen LogP contribution is -2.37. The number of nitrogens with one attached hydrogen (secondary N) is 1. The van der Waals surface area contributed by atoms with Crippen LogP contribution in [0.15, 0.2) is 53.6 Å². The fraction of sp³-hybridized carbons (Fsp3) is 0.321. The molecule has 36 heavy (non-hydrogen) atoms. The zero-order chi connectivity index (χ0) is 25.8. The number of methoxy groups -OCH3 is 1. The Morgan fingerprint density at radius 1 is 1.08 bits per heavy atom. The lowest BCUT2D eigenvalue weighted by Gasteiger charge is -2.21. The molecule has 0 amide bonds. The van der Waals surface area contributed by atoms with Crippen molar-refractivity contribution in [3.63, 3.8) is 0 Å². The van der Waals surface area contributed by atoms with E-state index in [0.29, 0.717) is 0 Å². The Hall–Kier alpha value is -2.97. The summed E-state index contributed by atoms with van der Waals surface area (Å²) in [6, 6.07) is 14.1. The summed E-state index contributed by atoms with van der Waals surface area (Å²) in [4.78, 5) is 22.7. The van der Waals surface area contributed by atoms with Crippen LogP contribution in [0.5, 0.6) is 5.75 Å². The summed E-state index contributed by atoms with van der Waals surface area (Å²) in [5.74, 6) is 2.57. The van der Waals surface area contributed by atoms with Crippen molar-refractivity contribution in [1.29, 1.82) is 0 Å². The van der Waals surface area contributed by atoms with Gasteiger partial charge >= 0.3 is 5.95 Å². The summed E-state index contributed by atoms with van der Waals surface area (Å²) in [5.41, 5.74) is 11.7. The minimum absolute atomic E-state index is 0.245. The highest BCUT2D eigenvalue weighted by molar-refractivity contribution is 8.76. The number of ketones is 1. The first-order valence-corrected chi connectivity index (χ1v) is 14.2. The molecule has 2 aromatic carbocycles. The van der Waals surface area contributed by atoms with Gasteiger partial charge in [-0.15, -0.1) is 0 Å². The Balaban J connectivity index is 1.54. The van der Waals surface area contributed by atoms with Crippen LogP contribution in [0.4, 0.5) is 5.69 Å². The van der Waals surface area contributed by atoms with Crippen LogP contribution in [-0.4, -0.2) is 22.9 Å². The van der Waals surface area contributed by atoms with Crippen LogP contribution in [0.2, 0.25) is 0 Å².